The summed E-state index contributed by atoms with van der Waals surface area (Å²) >= 11 is 1.84. The molecule has 4 aliphatic rings. The first kappa shape index (κ1) is 18.4. The molecule has 154 valence electrons. The molecule has 1 aromatic heterocycles. The van der Waals surface area contributed by atoms with Crippen LogP contribution in [0.5, 0.6) is 0 Å². The number of hydrogen-bond acceptors (Lipinski definition) is 4. The molecular formula is C23H26N5OS+. The van der Waals surface area contributed by atoms with Crippen LogP contribution in [0.4, 0.5) is 0 Å². The first-order chi connectivity index (χ1) is 14.7. The number of hydrogen-bond donors (Lipinski definition) is 0. The number of carbonyl (C=O) groups is 1. The van der Waals surface area contributed by atoms with Crippen molar-refractivity contribution >= 4 is 28.6 Å². The molecule has 0 aliphatic carbocycles. The van der Waals surface area contributed by atoms with Crippen LogP contribution in [0.3, 0.4) is 0 Å². The number of quaternary nitrogens is 1. The van der Waals surface area contributed by atoms with E-state index >= 15 is 0 Å². The lowest BCUT2D eigenvalue weighted by molar-refractivity contribution is -0.949. The number of nitrogens with zero attached hydrogens (tertiary/aromatic N) is 5. The van der Waals surface area contributed by atoms with Gasteiger partial charge in [-0.1, -0.05) is 18.2 Å². The van der Waals surface area contributed by atoms with Crippen molar-refractivity contribution in [2.24, 2.45) is 0 Å². The van der Waals surface area contributed by atoms with Crippen LogP contribution in [0.25, 0.3) is 10.9 Å². The molecule has 0 saturated carbocycles. The molecule has 7 heteroatoms. The van der Waals surface area contributed by atoms with Gasteiger partial charge in [-0.15, -0.1) is 16.8 Å². The van der Waals surface area contributed by atoms with Gasteiger partial charge in [-0.2, -0.15) is 9.69 Å². The van der Waals surface area contributed by atoms with Crippen molar-refractivity contribution in [2.75, 3.05) is 37.8 Å². The van der Waals surface area contributed by atoms with Gasteiger partial charge in [-0.25, -0.2) is 0 Å². The molecule has 4 aliphatic heterocycles. The molecule has 30 heavy (non-hydrogen) atoms. The number of allylic oxidation sites excluding steroid dienone is 3. The second-order valence-electron chi connectivity index (χ2n) is 8.53. The molecular weight excluding hydrogens is 394 g/mol. The smallest absolute Gasteiger partial charge is 0.256 e. The molecule has 1 amide bonds. The first-order valence-corrected chi connectivity index (χ1v) is 11.9. The van der Waals surface area contributed by atoms with Crippen molar-refractivity contribution in [3.8, 4) is 0 Å². The summed E-state index contributed by atoms with van der Waals surface area (Å²) in [4.78, 5) is 15.0. The predicted molar refractivity (Wildman–Crippen MR) is 119 cm³/mol. The van der Waals surface area contributed by atoms with E-state index in [4.69, 9.17) is 5.10 Å². The Morgan fingerprint density at radius 1 is 1.17 bits per heavy atom. The normalized spacial score (nSPS) is 27.0. The molecule has 1 atom stereocenters. The molecule has 6 nitrogen and oxygen atoms in total. The van der Waals surface area contributed by atoms with Gasteiger partial charge in [0.25, 0.3) is 5.91 Å². The fourth-order valence-electron chi connectivity index (χ4n) is 5.29. The zero-order valence-electron chi connectivity index (χ0n) is 17.0. The van der Waals surface area contributed by atoms with E-state index in [-0.39, 0.29) is 5.91 Å². The highest BCUT2D eigenvalue weighted by atomic mass is 32.2. The summed E-state index contributed by atoms with van der Waals surface area (Å²) in [6.45, 7) is 3.61. The Balaban J connectivity index is 1.19. The van der Waals surface area contributed by atoms with Gasteiger partial charge in [0.05, 0.1) is 42.3 Å². The summed E-state index contributed by atoms with van der Waals surface area (Å²) in [5, 5.41) is 8.44. The zero-order chi connectivity index (χ0) is 20.1. The van der Waals surface area contributed by atoms with Crippen LogP contribution >= 0.6 is 11.8 Å². The summed E-state index contributed by atoms with van der Waals surface area (Å²) in [6.07, 6.45) is 12.8. The zero-order valence-corrected chi connectivity index (χ0v) is 17.8. The summed E-state index contributed by atoms with van der Waals surface area (Å²) in [6, 6.07) is 8.89. The highest BCUT2D eigenvalue weighted by Crippen LogP contribution is 2.40. The monoisotopic (exact) mass is 420 g/mol. The van der Waals surface area contributed by atoms with E-state index in [0.29, 0.717) is 10.6 Å². The number of para-hydroxylation sites is 1. The second kappa shape index (κ2) is 7.11. The molecule has 0 unspecified atom stereocenters. The lowest BCUT2D eigenvalue weighted by Gasteiger charge is -2.43. The van der Waals surface area contributed by atoms with Crippen LogP contribution in [0.15, 0.2) is 66.2 Å². The molecule has 0 bridgehead atoms. The van der Waals surface area contributed by atoms with Crippen LogP contribution in [-0.2, 0) is 4.79 Å². The van der Waals surface area contributed by atoms with Gasteiger partial charge in [-0.05, 0) is 25.0 Å². The fourth-order valence-corrected chi connectivity index (χ4v) is 6.23. The van der Waals surface area contributed by atoms with E-state index in [0.717, 1.165) is 56.2 Å². The lowest BCUT2D eigenvalue weighted by atomic mass is 10.1. The Morgan fingerprint density at radius 3 is 2.87 bits per heavy atom. The third kappa shape index (κ3) is 2.80. The number of benzene rings is 1. The van der Waals surface area contributed by atoms with Crippen LogP contribution < -0.4 is 0 Å². The molecule has 6 rings (SSSR count). The molecule has 2 saturated heterocycles. The summed E-state index contributed by atoms with van der Waals surface area (Å²) in [5.41, 5.74) is 3.41. The molecule has 2 aromatic rings. The minimum atomic E-state index is 0.221. The van der Waals surface area contributed by atoms with E-state index in [2.05, 4.69) is 58.4 Å². The van der Waals surface area contributed by atoms with Gasteiger partial charge in [0, 0.05) is 29.8 Å². The number of amides is 1. The van der Waals surface area contributed by atoms with Gasteiger partial charge in [0.1, 0.15) is 12.7 Å². The standard InChI is InChI=1S/C23H26N5OS/c29-23(25-11-13-30-17-25)19-14-21-5-3-12-28(21,16-19)26-9-7-20(8-10-26)27-22-6-2-1-4-18(22)15-24-27/h1-6,12,14-15,20H,7-11,13,16-17H2/q+1/t28-/m1/s1. The number of aromatic nitrogens is 2. The summed E-state index contributed by atoms with van der Waals surface area (Å²) in [5.74, 6) is 2.10. The fraction of sp³-hybridized carbons (Fsp3) is 0.391. The van der Waals surface area contributed by atoms with Gasteiger partial charge in [-0.3, -0.25) is 9.48 Å². The average molecular weight is 421 g/mol. The van der Waals surface area contributed by atoms with E-state index in [1.807, 2.05) is 22.9 Å². The van der Waals surface area contributed by atoms with Crippen molar-refractivity contribution in [2.45, 2.75) is 18.9 Å². The van der Waals surface area contributed by atoms with Crippen molar-refractivity contribution in [3.63, 3.8) is 0 Å². The third-order valence-corrected chi connectivity index (χ3v) is 7.86. The van der Waals surface area contributed by atoms with E-state index in [1.165, 1.54) is 16.6 Å². The Bertz CT molecular complexity index is 1090. The molecule has 2 fully saturated rings. The molecule has 0 radical (unpaired) electrons. The third-order valence-electron chi connectivity index (χ3n) is 6.89. The Kier molecular flexibility index (Phi) is 4.37. The SMILES string of the molecule is O=C(C1=CC2=CC=C[N@@+]2(N2CCC(n3ncc4ccccc43)CC2)C1)N1CCSC1. The Hall–Kier alpha value is -2.35. The minimum absolute atomic E-state index is 0.221. The summed E-state index contributed by atoms with van der Waals surface area (Å²) in [7, 11) is 0. The molecule has 0 N–H and O–H groups in total. The number of piperidine rings is 1. The van der Waals surface area contributed by atoms with Crippen LogP contribution in [0, 0.1) is 0 Å². The number of fused-ring (bicyclic) bond motifs is 2. The minimum Gasteiger partial charge on any atom is -0.329 e. The largest absolute Gasteiger partial charge is 0.329 e. The van der Waals surface area contributed by atoms with Crippen LogP contribution in [0.2, 0.25) is 0 Å². The maximum Gasteiger partial charge on any atom is 0.256 e. The lowest BCUT2D eigenvalue weighted by Crippen LogP contribution is -2.56. The van der Waals surface area contributed by atoms with Gasteiger partial charge >= 0.3 is 0 Å². The van der Waals surface area contributed by atoms with Gasteiger partial charge < -0.3 is 4.90 Å². The van der Waals surface area contributed by atoms with Crippen molar-refractivity contribution < 1.29 is 9.39 Å². The average Bonchev–Trinajstić information content (AvgIpc) is 3.56. The number of thioether (sulfide) groups is 1. The van der Waals surface area contributed by atoms with E-state index in [1.54, 1.807) is 0 Å². The molecule has 1 aromatic carbocycles. The van der Waals surface area contributed by atoms with Crippen molar-refractivity contribution in [1.82, 2.24) is 19.7 Å². The van der Waals surface area contributed by atoms with Gasteiger partial charge in [0.2, 0.25) is 0 Å². The highest BCUT2D eigenvalue weighted by Gasteiger charge is 2.48. The number of rotatable bonds is 3. The molecule has 5 heterocycles. The number of carbonyl (C=O) groups excluding carboxylic acids is 1. The van der Waals surface area contributed by atoms with E-state index in [9.17, 15) is 4.79 Å². The Morgan fingerprint density at radius 2 is 2.03 bits per heavy atom. The topological polar surface area (TPSA) is 41.4 Å². The maximum absolute atomic E-state index is 13.0. The molecule has 0 spiro atoms. The summed E-state index contributed by atoms with van der Waals surface area (Å²) < 4.78 is 2.90. The van der Waals surface area contributed by atoms with Crippen LogP contribution in [-0.4, -0.2) is 68.0 Å². The maximum atomic E-state index is 13.0. The Labute approximate surface area is 180 Å². The second-order valence-corrected chi connectivity index (χ2v) is 9.60. The van der Waals surface area contributed by atoms with E-state index < -0.39 is 0 Å². The van der Waals surface area contributed by atoms with Crippen molar-refractivity contribution in [3.05, 3.63) is 66.2 Å². The quantitative estimate of drug-likeness (QED) is 0.715. The van der Waals surface area contributed by atoms with Crippen LogP contribution in [0.1, 0.15) is 18.9 Å². The highest BCUT2D eigenvalue weighted by molar-refractivity contribution is 7.99. The van der Waals surface area contributed by atoms with Gasteiger partial charge in [0.15, 0.2) is 5.70 Å². The van der Waals surface area contributed by atoms with Crippen molar-refractivity contribution in [1.29, 1.82) is 0 Å². The first-order valence-electron chi connectivity index (χ1n) is 10.8. The predicted octanol–water partition coefficient (Wildman–Crippen LogP) is 3.29.